The van der Waals surface area contributed by atoms with E-state index in [1.165, 1.54) is 18.2 Å². The molecule has 26 heavy (non-hydrogen) atoms. The first-order chi connectivity index (χ1) is 12.3. The molecule has 0 bridgehead atoms. The molecule has 1 atom stereocenters. The largest absolute Gasteiger partial charge is 0.489 e. The summed E-state index contributed by atoms with van der Waals surface area (Å²) in [4.78, 5) is 15.2. The van der Waals surface area contributed by atoms with Gasteiger partial charge in [0.05, 0.1) is 12.6 Å². The van der Waals surface area contributed by atoms with Crippen molar-refractivity contribution in [2.24, 2.45) is 11.7 Å². The number of oxazole rings is 1. The van der Waals surface area contributed by atoms with Crippen molar-refractivity contribution in [3.8, 4) is 23.0 Å². The number of aromatic nitrogens is 1. The van der Waals surface area contributed by atoms with Crippen LogP contribution in [0.4, 0.5) is 8.78 Å². The first-order valence-electron chi connectivity index (χ1n) is 8.06. The Kier molecular flexibility index (Phi) is 5.08. The summed E-state index contributed by atoms with van der Waals surface area (Å²) in [5.74, 6) is -0.817. The number of carboxylic acid groups (broad SMARTS) is 1. The Bertz CT molecular complexity index is 802. The smallest absolute Gasteiger partial charge is 0.387 e. The van der Waals surface area contributed by atoms with Crippen LogP contribution in [0.1, 0.15) is 42.1 Å². The van der Waals surface area contributed by atoms with Crippen LogP contribution in [0.2, 0.25) is 0 Å². The van der Waals surface area contributed by atoms with Gasteiger partial charge in [-0.15, -0.1) is 0 Å². The van der Waals surface area contributed by atoms with Crippen LogP contribution in [0.5, 0.6) is 11.5 Å². The van der Waals surface area contributed by atoms with Gasteiger partial charge in [0.25, 0.3) is 0 Å². The Morgan fingerprint density at radius 1 is 1.42 bits per heavy atom. The SMILES string of the molecule is CC(N)c1oc(-c2ccc(OC(F)F)c(OCC3CC3)c2)nc1C(=O)O. The third kappa shape index (κ3) is 4.10. The molecule has 0 amide bonds. The Balaban J connectivity index is 1.95. The third-order valence-electron chi connectivity index (χ3n) is 3.85. The van der Waals surface area contributed by atoms with Gasteiger partial charge < -0.3 is 24.7 Å². The molecule has 2 aromatic rings. The molecule has 3 N–H and O–H groups in total. The van der Waals surface area contributed by atoms with Gasteiger partial charge in [-0.2, -0.15) is 8.78 Å². The van der Waals surface area contributed by atoms with Gasteiger partial charge >= 0.3 is 12.6 Å². The van der Waals surface area contributed by atoms with Crippen molar-refractivity contribution in [2.75, 3.05) is 6.61 Å². The van der Waals surface area contributed by atoms with E-state index in [-0.39, 0.29) is 28.8 Å². The number of ether oxygens (including phenoxy) is 2. The molecule has 0 radical (unpaired) electrons. The molecule has 0 spiro atoms. The molecular formula is C17H18F2N2O5. The number of nitrogens with two attached hydrogens (primary N) is 1. The molecule has 1 unspecified atom stereocenters. The Hall–Kier alpha value is -2.68. The Labute approximate surface area is 147 Å². The van der Waals surface area contributed by atoms with Crippen molar-refractivity contribution in [2.45, 2.75) is 32.4 Å². The number of aromatic carboxylic acids is 1. The van der Waals surface area contributed by atoms with Gasteiger partial charge in [0, 0.05) is 5.56 Å². The van der Waals surface area contributed by atoms with Crippen LogP contribution in [0.15, 0.2) is 22.6 Å². The lowest BCUT2D eigenvalue weighted by Crippen LogP contribution is -2.10. The second kappa shape index (κ2) is 7.28. The van der Waals surface area contributed by atoms with Crippen molar-refractivity contribution in [1.82, 2.24) is 4.98 Å². The summed E-state index contributed by atoms with van der Waals surface area (Å²) in [6.07, 6.45) is 2.06. The fourth-order valence-electron chi connectivity index (χ4n) is 2.36. The Morgan fingerprint density at radius 3 is 2.69 bits per heavy atom. The summed E-state index contributed by atoms with van der Waals surface area (Å²) in [6.45, 7) is -1.03. The molecule has 1 aliphatic rings. The van der Waals surface area contributed by atoms with Gasteiger partial charge in [0.1, 0.15) is 0 Å². The van der Waals surface area contributed by atoms with Crippen LogP contribution in [0.3, 0.4) is 0 Å². The number of nitrogens with zero attached hydrogens (tertiary/aromatic N) is 1. The summed E-state index contributed by atoms with van der Waals surface area (Å²) in [6, 6.07) is 3.50. The molecule has 1 saturated carbocycles. The van der Waals surface area contributed by atoms with Crippen LogP contribution in [0.25, 0.3) is 11.5 Å². The molecule has 140 valence electrons. The summed E-state index contributed by atoms with van der Waals surface area (Å²) in [5.41, 5.74) is 5.79. The van der Waals surface area contributed by atoms with Gasteiger partial charge in [0.2, 0.25) is 5.89 Å². The summed E-state index contributed by atoms with van der Waals surface area (Å²) >= 11 is 0. The number of halogens is 2. The molecule has 0 saturated heterocycles. The first-order valence-corrected chi connectivity index (χ1v) is 8.06. The van der Waals surface area contributed by atoms with Crippen molar-refractivity contribution in [3.05, 3.63) is 29.7 Å². The fraction of sp³-hybridized carbons (Fsp3) is 0.412. The highest BCUT2D eigenvalue weighted by atomic mass is 19.3. The van der Waals surface area contributed by atoms with E-state index in [1.807, 2.05) is 0 Å². The minimum Gasteiger partial charge on any atom is -0.489 e. The summed E-state index contributed by atoms with van der Waals surface area (Å²) in [5, 5.41) is 9.22. The predicted molar refractivity (Wildman–Crippen MR) is 86.4 cm³/mol. The van der Waals surface area contributed by atoms with Crippen LogP contribution >= 0.6 is 0 Å². The van der Waals surface area contributed by atoms with Crippen molar-refractivity contribution in [3.63, 3.8) is 0 Å². The number of benzene rings is 1. The molecular weight excluding hydrogens is 350 g/mol. The van der Waals surface area contributed by atoms with Crippen molar-refractivity contribution < 1.29 is 32.6 Å². The molecule has 7 nitrogen and oxygen atoms in total. The van der Waals surface area contributed by atoms with E-state index in [9.17, 15) is 18.7 Å². The molecule has 1 aromatic heterocycles. The van der Waals surface area contributed by atoms with E-state index in [4.69, 9.17) is 14.9 Å². The van der Waals surface area contributed by atoms with Gasteiger partial charge in [-0.3, -0.25) is 0 Å². The standard InChI is InChI=1S/C17H18F2N2O5/c1-8(20)14-13(16(22)23)21-15(26-14)10-4-5-11(25-17(18)19)12(6-10)24-7-9-2-3-9/h4-6,8-9,17H,2-3,7,20H2,1H3,(H,22,23). The van der Waals surface area contributed by atoms with Crippen molar-refractivity contribution in [1.29, 1.82) is 0 Å². The second-order valence-electron chi connectivity index (χ2n) is 6.12. The van der Waals surface area contributed by atoms with E-state index in [2.05, 4.69) is 9.72 Å². The summed E-state index contributed by atoms with van der Waals surface area (Å²) in [7, 11) is 0. The van der Waals surface area contributed by atoms with E-state index in [0.29, 0.717) is 18.1 Å². The first kappa shape index (κ1) is 18.1. The predicted octanol–water partition coefficient (Wildman–Crippen LogP) is 3.45. The van der Waals surface area contributed by atoms with Gasteiger partial charge in [-0.1, -0.05) is 0 Å². The topological polar surface area (TPSA) is 108 Å². The lowest BCUT2D eigenvalue weighted by molar-refractivity contribution is -0.0515. The molecule has 1 fully saturated rings. The second-order valence-corrected chi connectivity index (χ2v) is 6.12. The monoisotopic (exact) mass is 368 g/mol. The van der Waals surface area contributed by atoms with Gasteiger partial charge in [-0.05, 0) is 43.9 Å². The minimum atomic E-state index is -2.99. The van der Waals surface area contributed by atoms with E-state index >= 15 is 0 Å². The minimum absolute atomic E-state index is 0.00886. The highest BCUT2D eigenvalue weighted by Gasteiger charge is 2.25. The van der Waals surface area contributed by atoms with Crippen molar-refractivity contribution >= 4 is 5.97 Å². The number of rotatable bonds is 8. The molecule has 1 aliphatic carbocycles. The normalized spacial score (nSPS) is 15.1. The molecule has 3 rings (SSSR count). The summed E-state index contributed by atoms with van der Waals surface area (Å²) < 4.78 is 40.7. The quantitative estimate of drug-likeness (QED) is 0.735. The van der Waals surface area contributed by atoms with E-state index in [0.717, 1.165) is 12.8 Å². The lowest BCUT2D eigenvalue weighted by Gasteiger charge is -2.12. The number of alkyl halides is 2. The lowest BCUT2D eigenvalue weighted by atomic mass is 10.2. The molecule has 1 heterocycles. The van der Waals surface area contributed by atoms with E-state index in [1.54, 1.807) is 6.92 Å². The van der Waals surface area contributed by atoms with Crippen LogP contribution < -0.4 is 15.2 Å². The molecule has 0 aliphatic heterocycles. The number of carboxylic acids is 1. The maximum Gasteiger partial charge on any atom is 0.387 e. The maximum absolute atomic E-state index is 12.6. The average Bonchev–Trinajstić information content (AvgIpc) is 3.28. The fourth-order valence-corrected chi connectivity index (χ4v) is 2.36. The third-order valence-corrected chi connectivity index (χ3v) is 3.85. The highest BCUT2D eigenvalue weighted by molar-refractivity contribution is 5.87. The zero-order chi connectivity index (χ0) is 18.8. The van der Waals surface area contributed by atoms with Crippen LogP contribution in [0, 0.1) is 5.92 Å². The number of carbonyl (C=O) groups is 1. The zero-order valence-electron chi connectivity index (χ0n) is 13.9. The highest BCUT2D eigenvalue weighted by Crippen LogP contribution is 2.37. The van der Waals surface area contributed by atoms with Crippen LogP contribution in [-0.2, 0) is 0 Å². The molecule has 9 heteroatoms. The van der Waals surface area contributed by atoms with Gasteiger partial charge in [-0.25, -0.2) is 9.78 Å². The average molecular weight is 368 g/mol. The zero-order valence-corrected chi connectivity index (χ0v) is 13.9. The van der Waals surface area contributed by atoms with Crippen LogP contribution in [-0.4, -0.2) is 29.3 Å². The van der Waals surface area contributed by atoms with E-state index < -0.39 is 18.6 Å². The number of hydrogen-bond acceptors (Lipinski definition) is 6. The van der Waals surface area contributed by atoms with Gasteiger partial charge in [0.15, 0.2) is 23.0 Å². The maximum atomic E-state index is 12.6. The number of hydrogen-bond donors (Lipinski definition) is 2. The Morgan fingerprint density at radius 2 is 2.15 bits per heavy atom. The molecule has 1 aromatic carbocycles.